The van der Waals surface area contributed by atoms with Crippen LogP contribution in [-0.4, -0.2) is 69.8 Å². The van der Waals surface area contributed by atoms with Crippen molar-refractivity contribution in [2.24, 2.45) is 5.73 Å². The first-order chi connectivity index (χ1) is 13.5. The van der Waals surface area contributed by atoms with E-state index in [0.717, 1.165) is 0 Å². The van der Waals surface area contributed by atoms with Crippen LogP contribution >= 0.6 is 0 Å². The Kier molecular flexibility index (Phi) is 9.03. The van der Waals surface area contributed by atoms with Crippen LogP contribution in [-0.2, 0) is 25.6 Å². The van der Waals surface area contributed by atoms with Crippen molar-refractivity contribution >= 4 is 23.7 Å². The van der Waals surface area contributed by atoms with E-state index in [1.807, 2.05) is 0 Å². The number of benzene rings is 1. The average Bonchev–Trinajstić information content (AvgIpc) is 2.66. The number of phenolic OH excluding ortho intramolecular Hbond substituents is 1. The number of phenols is 1. The number of carboxylic acids is 1. The molecule has 1 rings (SSSR count). The van der Waals surface area contributed by atoms with Crippen molar-refractivity contribution in [1.29, 1.82) is 0 Å². The van der Waals surface area contributed by atoms with Crippen molar-refractivity contribution in [3.05, 3.63) is 29.8 Å². The molecule has 0 aromatic heterocycles. The van der Waals surface area contributed by atoms with Gasteiger partial charge in [0.15, 0.2) is 0 Å². The van der Waals surface area contributed by atoms with Crippen molar-refractivity contribution in [1.82, 2.24) is 16.0 Å². The number of hydrogen-bond acceptors (Lipinski definition) is 7. The van der Waals surface area contributed by atoms with Gasteiger partial charge in [0.25, 0.3) is 0 Å². The highest BCUT2D eigenvalue weighted by molar-refractivity contribution is 5.93. The molecule has 160 valence electrons. The van der Waals surface area contributed by atoms with E-state index in [2.05, 4.69) is 16.0 Å². The van der Waals surface area contributed by atoms with Gasteiger partial charge >= 0.3 is 5.97 Å². The van der Waals surface area contributed by atoms with Crippen LogP contribution in [0.3, 0.4) is 0 Å². The van der Waals surface area contributed by atoms with Crippen LogP contribution in [0.15, 0.2) is 24.3 Å². The number of carbonyl (C=O) groups is 4. The van der Waals surface area contributed by atoms with Crippen LogP contribution in [0.1, 0.15) is 19.4 Å². The monoisotopic (exact) mass is 410 g/mol. The summed E-state index contributed by atoms with van der Waals surface area (Å²) in [5.74, 6) is -3.54. The van der Waals surface area contributed by atoms with Gasteiger partial charge in [-0.05, 0) is 31.5 Å². The minimum atomic E-state index is -1.44. The quantitative estimate of drug-likeness (QED) is 0.227. The zero-order chi connectivity index (χ0) is 22.1. The van der Waals surface area contributed by atoms with Crippen LogP contribution in [0.25, 0.3) is 0 Å². The number of carbonyl (C=O) groups excluding carboxylic acids is 3. The van der Waals surface area contributed by atoms with E-state index in [9.17, 15) is 34.5 Å². The Morgan fingerprint density at radius 3 is 2.07 bits per heavy atom. The van der Waals surface area contributed by atoms with E-state index < -0.39 is 47.9 Å². The lowest BCUT2D eigenvalue weighted by atomic mass is 10.0. The number of rotatable bonds is 10. The summed E-state index contributed by atoms with van der Waals surface area (Å²) < 4.78 is 0. The Morgan fingerprint density at radius 2 is 1.59 bits per heavy atom. The standard InChI is InChI=1S/C18H26N4O7/c1-9(20-14(25)8-19)16(26)22-15(10(2)23)17(27)21-13(18(28)29)7-11-3-5-12(24)6-4-11/h3-6,9-10,13,15,23-24H,7-8,19H2,1-2H3,(H,20,25)(H,21,27)(H,22,26)(H,28,29). The molecule has 0 aliphatic rings. The van der Waals surface area contributed by atoms with Gasteiger partial charge in [-0.3, -0.25) is 14.4 Å². The molecule has 11 nitrogen and oxygen atoms in total. The van der Waals surface area contributed by atoms with Gasteiger partial charge in [-0.1, -0.05) is 12.1 Å². The molecule has 0 aliphatic heterocycles. The Balaban J connectivity index is 2.82. The molecule has 0 saturated carbocycles. The van der Waals surface area contributed by atoms with E-state index in [-0.39, 0.29) is 18.7 Å². The summed E-state index contributed by atoms with van der Waals surface area (Å²) in [7, 11) is 0. The maximum Gasteiger partial charge on any atom is 0.326 e. The van der Waals surface area contributed by atoms with Gasteiger partial charge in [-0.15, -0.1) is 0 Å². The molecule has 4 unspecified atom stereocenters. The molecule has 29 heavy (non-hydrogen) atoms. The molecular formula is C18H26N4O7. The molecule has 0 fully saturated rings. The molecule has 0 heterocycles. The lowest BCUT2D eigenvalue weighted by Crippen LogP contribution is -2.59. The highest BCUT2D eigenvalue weighted by atomic mass is 16.4. The summed E-state index contributed by atoms with van der Waals surface area (Å²) in [5.41, 5.74) is 5.70. The second-order valence-electron chi connectivity index (χ2n) is 6.49. The van der Waals surface area contributed by atoms with Crippen LogP contribution in [0.4, 0.5) is 0 Å². The lowest BCUT2D eigenvalue weighted by Gasteiger charge is -2.25. The maximum atomic E-state index is 12.5. The first-order valence-electron chi connectivity index (χ1n) is 8.84. The molecule has 3 amide bonds. The van der Waals surface area contributed by atoms with Crippen LogP contribution in [0.5, 0.6) is 5.75 Å². The fourth-order valence-electron chi connectivity index (χ4n) is 2.38. The highest BCUT2D eigenvalue weighted by Crippen LogP contribution is 2.11. The number of aliphatic carboxylic acids is 1. The second kappa shape index (κ2) is 11.0. The fraction of sp³-hybridized carbons (Fsp3) is 0.444. The SMILES string of the molecule is CC(NC(=O)CN)C(=O)NC(C(=O)NC(Cc1ccc(O)cc1)C(=O)O)C(C)O. The number of carboxylic acid groups (broad SMARTS) is 1. The summed E-state index contributed by atoms with van der Waals surface area (Å²) in [6.07, 6.45) is -1.41. The predicted molar refractivity (Wildman–Crippen MR) is 102 cm³/mol. The van der Waals surface area contributed by atoms with E-state index >= 15 is 0 Å². The molecule has 0 radical (unpaired) electrons. The lowest BCUT2D eigenvalue weighted by molar-refractivity contribution is -0.143. The molecule has 0 aliphatic carbocycles. The first-order valence-corrected chi connectivity index (χ1v) is 8.84. The second-order valence-corrected chi connectivity index (χ2v) is 6.49. The number of hydrogen-bond donors (Lipinski definition) is 7. The van der Waals surface area contributed by atoms with Gasteiger partial charge in [-0.2, -0.15) is 0 Å². The predicted octanol–water partition coefficient (Wildman–Crippen LogP) is -2.17. The smallest absolute Gasteiger partial charge is 0.326 e. The van der Waals surface area contributed by atoms with Gasteiger partial charge in [0.05, 0.1) is 12.6 Å². The normalized spacial score (nSPS) is 14.8. The van der Waals surface area contributed by atoms with E-state index in [4.69, 9.17) is 5.73 Å². The number of nitrogens with one attached hydrogen (secondary N) is 3. The summed E-state index contributed by atoms with van der Waals surface area (Å²) >= 11 is 0. The van der Waals surface area contributed by atoms with Crippen molar-refractivity contribution in [3.8, 4) is 5.75 Å². The molecule has 1 aromatic carbocycles. The molecule has 0 spiro atoms. The van der Waals surface area contributed by atoms with Gasteiger partial charge < -0.3 is 37.0 Å². The van der Waals surface area contributed by atoms with Crippen LogP contribution in [0, 0.1) is 0 Å². The molecule has 4 atom stereocenters. The van der Waals surface area contributed by atoms with Gasteiger partial charge in [0.2, 0.25) is 17.7 Å². The highest BCUT2D eigenvalue weighted by Gasteiger charge is 2.31. The third kappa shape index (κ3) is 7.76. The van der Waals surface area contributed by atoms with Gasteiger partial charge in [0.1, 0.15) is 23.9 Å². The van der Waals surface area contributed by atoms with E-state index in [1.165, 1.54) is 38.1 Å². The molecule has 1 aromatic rings. The molecular weight excluding hydrogens is 384 g/mol. The van der Waals surface area contributed by atoms with Gasteiger partial charge in [0, 0.05) is 6.42 Å². The zero-order valence-electron chi connectivity index (χ0n) is 16.1. The minimum absolute atomic E-state index is 0.0115. The number of aliphatic hydroxyl groups excluding tert-OH is 1. The summed E-state index contributed by atoms with van der Waals surface area (Å²) in [6, 6.07) is 1.98. The van der Waals surface area contributed by atoms with Crippen molar-refractivity contribution in [3.63, 3.8) is 0 Å². The Bertz CT molecular complexity index is 736. The fourth-order valence-corrected chi connectivity index (χ4v) is 2.38. The first kappa shape index (κ1) is 23.9. The van der Waals surface area contributed by atoms with Crippen molar-refractivity contribution in [2.75, 3.05) is 6.54 Å². The number of aromatic hydroxyl groups is 1. The Morgan fingerprint density at radius 1 is 1.00 bits per heavy atom. The number of amides is 3. The number of aliphatic hydroxyl groups is 1. The minimum Gasteiger partial charge on any atom is -0.508 e. The largest absolute Gasteiger partial charge is 0.508 e. The summed E-state index contributed by atoms with van der Waals surface area (Å²) in [4.78, 5) is 47.4. The van der Waals surface area contributed by atoms with Crippen LogP contribution in [0.2, 0.25) is 0 Å². The molecule has 0 saturated heterocycles. The zero-order valence-corrected chi connectivity index (χ0v) is 16.1. The topological polar surface area (TPSA) is 191 Å². The van der Waals surface area contributed by atoms with Gasteiger partial charge in [-0.25, -0.2) is 4.79 Å². The number of nitrogens with two attached hydrogens (primary N) is 1. The Hall–Kier alpha value is -3.18. The van der Waals surface area contributed by atoms with E-state index in [0.29, 0.717) is 5.56 Å². The summed E-state index contributed by atoms with van der Waals surface area (Å²) in [5, 5.41) is 35.4. The molecule has 0 bridgehead atoms. The third-order valence-corrected chi connectivity index (χ3v) is 4.01. The van der Waals surface area contributed by atoms with Crippen molar-refractivity contribution in [2.45, 2.75) is 44.5 Å². The Labute approximate surface area is 167 Å². The third-order valence-electron chi connectivity index (χ3n) is 4.01. The molecule has 8 N–H and O–H groups in total. The van der Waals surface area contributed by atoms with Crippen LogP contribution < -0.4 is 21.7 Å². The molecule has 11 heteroatoms. The summed E-state index contributed by atoms with van der Waals surface area (Å²) in [6.45, 7) is 2.30. The maximum absolute atomic E-state index is 12.5. The van der Waals surface area contributed by atoms with E-state index in [1.54, 1.807) is 0 Å². The van der Waals surface area contributed by atoms with Crippen molar-refractivity contribution < 1.29 is 34.5 Å². The average molecular weight is 410 g/mol.